The maximum absolute atomic E-state index is 12.7. The van der Waals surface area contributed by atoms with Gasteiger partial charge in [-0.1, -0.05) is 6.07 Å². The van der Waals surface area contributed by atoms with Crippen LogP contribution >= 0.6 is 0 Å². The fraction of sp³-hybridized carbons (Fsp3) is 0.250. The molecule has 0 unspecified atom stereocenters. The van der Waals surface area contributed by atoms with Crippen LogP contribution in [0.4, 0.5) is 11.4 Å². The van der Waals surface area contributed by atoms with Crippen molar-refractivity contribution in [2.24, 2.45) is 0 Å². The number of rotatable bonds is 3. The third-order valence-electron chi connectivity index (χ3n) is 4.93. The fourth-order valence-electron chi connectivity index (χ4n) is 3.35. The van der Waals surface area contributed by atoms with Gasteiger partial charge in [-0.05, 0) is 56.2 Å². The van der Waals surface area contributed by atoms with E-state index in [9.17, 15) is 13.2 Å². The molecule has 0 fully saturated rings. The molecule has 0 radical (unpaired) electrons. The van der Waals surface area contributed by atoms with Crippen LogP contribution in [0.2, 0.25) is 0 Å². The average Bonchev–Trinajstić information content (AvgIpc) is 3.06. The largest absolute Gasteiger partial charge is 0.322 e. The molecule has 1 aromatic heterocycles. The van der Waals surface area contributed by atoms with Crippen LogP contribution in [-0.4, -0.2) is 37.1 Å². The molecule has 8 heteroatoms. The van der Waals surface area contributed by atoms with Gasteiger partial charge in [0.15, 0.2) is 0 Å². The zero-order valence-corrected chi connectivity index (χ0v) is 16.7. The molecule has 2 aromatic carbocycles. The number of anilines is 2. The number of carbonyl (C=O) groups is 1. The van der Waals surface area contributed by atoms with Crippen LogP contribution in [0.25, 0.3) is 11.0 Å². The van der Waals surface area contributed by atoms with Crippen molar-refractivity contribution in [1.82, 2.24) is 9.97 Å². The van der Waals surface area contributed by atoms with E-state index < -0.39 is 10.0 Å². The van der Waals surface area contributed by atoms with Crippen LogP contribution in [0.3, 0.4) is 0 Å². The number of sulfonamides is 1. The van der Waals surface area contributed by atoms with E-state index in [1.54, 1.807) is 30.3 Å². The second kappa shape index (κ2) is 6.56. The molecule has 1 aliphatic heterocycles. The summed E-state index contributed by atoms with van der Waals surface area (Å²) < 4.78 is 25.3. The Hall–Kier alpha value is -3.00. The monoisotopic (exact) mass is 396 g/mol. The van der Waals surface area contributed by atoms with E-state index in [4.69, 9.17) is 0 Å². The second-order valence-electron chi connectivity index (χ2n) is 6.98. The van der Waals surface area contributed by atoms with Gasteiger partial charge in [-0.3, -0.25) is 9.10 Å². The molecule has 1 N–H and O–H groups in total. The minimum atomic E-state index is -3.34. The summed E-state index contributed by atoms with van der Waals surface area (Å²) in [6.45, 7) is 4.20. The molecule has 144 valence electrons. The van der Waals surface area contributed by atoms with Crippen LogP contribution in [-0.2, 0) is 16.4 Å². The predicted octanol–water partition coefficient (Wildman–Crippen LogP) is 2.82. The number of nitrogens with zero attached hydrogens (tertiary/aromatic N) is 3. The summed E-state index contributed by atoms with van der Waals surface area (Å²) in [5.41, 5.74) is 5.67. The van der Waals surface area contributed by atoms with Crippen molar-refractivity contribution >= 4 is 38.3 Å². The van der Waals surface area contributed by atoms with E-state index in [0.717, 1.165) is 22.5 Å². The van der Waals surface area contributed by atoms with Crippen molar-refractivity contribution in [2.75, 3.05) is 22.4 Å². The molecule has 7 nitrogen and oxygen atoms in total. The number of amides is 1. The number of hydrogen-bond donors (Lipinski definition) is 1. The molecule has 3 aromatic rings. The van der Waals surface area contributed by atoms with E-state index >= 15 is 0 Å². The molecule has 0 atom stereocenters. The van der Waals surface area contributed by atoms with E-state index in [-0.39, 0.29) is 5.91 Å². The Morgan fingerprint density at radius 1 is 1.04 bits per heavy atom. The van der Waals surface area contributed by atoms with Crippen LogP contribution < -0.4 is 9.62 Å². The van der Waals surface area contributed by atoms with Crippen LogP contribution in [0.15, 0.2) is 36.4 Å². The molecule has 4 rings (SSSR count). The molecular weight excluding hydrogens is 376 g/mol. The van der Waals surface area contributed by atoms with Crippen molar-refractivity contribution in [3.8, 4) is 0 Å². The fourth-order valence-corrected chi connectivity index (χ4v) is 4.30. The van der Waals surface area contributed by atoms with Gasteiger partial charge < -0.3 is 5.32 Å². The molecule has 2 heterocycles. The summed E-state index contributed by atoms with van der Waals surface area (Å²) >= 11 is 0. The number of benzene rings is 2. The van der Waals surface area contributed by atoms with E-state index in [2.05, 4.69) is 15.3 Å². The van der Waals surface area contributed by atoms with Gasteiger partial charge in [-0.15, -0.1) is 0 Å². The standard InChI is InChI=1S/C20H20N4O3S/c1-12-13(2)22-18-10-15(5-7-17(18)21-12)20(25)23-16-6-4-14-8-9-24(19(14)11-16)28(3,26)27/h4-7,10-11H,8-9H2,1-3H3,(H,23,25). The van der Waals surface area contributed by atoms with Gasteiger partial charge in [0.2, 0.25) is 10.0 Å². The van der Waals surface area contributed by atoms with Crippen molar-refractivity contribution in [1.29, 1.82) is 0 Å². The molecule has 0 aliphatic carbocycles. The molecule has 0 saturated carbocycles. The number of nitrogens with one attached hydrogen (secondary N) is 1. The molecule has 1 amide bonds. The summed E-state index contributed by atoms with van der Waals surface area (Å²) in [7, 11) is -3.34. The Morgan fingerprint density at radius 2 is 1.75 bits per heavy atom. The highest BCUT2D eigenvalue weighted by Crippen LogP contribution is 2.32. The van der Waals surface area contributed by atoms with Gasteiger partial charge >= 0.3 is 0 Å². The summed E-state index contributed by atoms with van der Waals surface area (Å²) in [6, 6.07) is 10.5. The topological polar surface area (TPSA) is 92.3 Å². The molecule has 0 spiro atoms. The zero-order chi connectivity index (χ0) is 20.1. The predicted molar refractivity (Wildman–Crippen MR) is 109 cm³/mol. The highest BCUT2D eigenvalue weighted by molar-refractivity contribution is 7.92. The third kappa shape index (κ3) is 3.31. The zero-order valence-electron chi connectivity index (χ0n) is 15.9. The first-order valence-corrected chi connectivity index (χ1v) is 10.7. The Morgan fingerprint density at radius 3 is 2.46 bits per heavy atom. The summed E-state index contributed by atoms with van der Waals surface area (Å²) in [5.74, 6) is -0.286. The van der Waals surface area contributed by atoms with Crippen LogP contribution in [0.1, 0.15) is 27.3 Å². The first-order chi connectivity index (χ1) is 13.2. The minimum Gasteiger partial charge on any atom is -0.322 e. The lowest BCUT2D eigenvalue weighted by atomic mass is 10.1. The van der Waals surface area contributed by atoms with Gasteiger partial charge in [0.25, 0.3) is 5.91 Å². The molecular formula is C20H20N4O3S. The lowest BCUT2D eigenvalue weighted by Crippen LogP contribution is -2.27. The third-order valence-corrected chi connectivity index (χ3v) is 6.11. The molecule has 0 bridgehead atoms. The van der Waals surface area contributed by atoms with Crippen molar-refractivity contribution < 1.29 is 13.2 Å². The van der Waals surface area contributed by atoms with E-state index in [1.165, 1.54) is 10.6 Å². The smallest absolute Gasteiger partial charge is 0.255 e. The number of aryl methyl sites for hydroxylation is 2. The molecule has 1 aliphatic rings. The van der Waals surface area contributed by atoms with Gasteiger partial charge in [0.05, 0.1) is 34.4 Å². The van der Waals surface area contributed by atoms with Crippen LogP contribution in [0.5, 0.6) is 0 Å². The molecule has 0 saturated heterocycles. The van der Waals surface area contributed by atoms with Crippen molar-refractivity contribution in [2.45, 2.75) is 20.3 Å². The Bertz CT molecular complexity index is 1220. The Balaban J connectivity index is 1.62. The second-order valence-corrected chi connectivity index (χ2v) is 8.89. The maximum atomic E-state index is 12.7. The van der Waals surface area contributed by atoms with Gasteiger partial charge in [0, 0.05) is 17.8 Å². The quantitative estimate of drug-likeness (QED) is 0.735. The minimum absolute atomic E-state index is 0.286. The normalized spacial score (nSPS) is 13.6. The Kier molecular flexibility index (Phi) is 4.30. The van der Waals surface area contributed by atoms with Gasteiger partial charge in [-0.2, -0.15) is 0 Å². The highest BCUT2D eigenvalue weighted by Gasteiger charge is 2.26. The first-order valence-electron chi connectivity index (χ1n) is 8.89. The van der Waals surface area contributed by atoms with E-state index in [1.807, 2.05) is 19.9 Å². The Labute approximate surface area is 163 Å². The summed E-state index contributed by atoms with van der Waals surface area (Å²) in [6.07, 6.45) is 1.85. The summed E-state index contributed by atoms with van der Waals surface area (Å²) in [5, 5.41) is 2.84. The molecule has 28 heavy (non-hydrogen) atoms. The van der Waals surface area contributed by atoms with E-state index in [0.29, 0.717) is 35.4 Å². The van der Waals surface area contributed by atoms with Crippen molar-refractivity contribution in [3.63, 3.8) is 0 Å². The van der Waals surface area contributed by atoms with Crippen molar-refractivity contribution in [3.05, 3.63) is 58.9 Å². The average molecular weight is 396 g/mol. The number of fused-ring (bicyclic) bond motifs is 2. The number of hydrogen-bond acceptors (Lipinski definition) is 5. The highest BCUT2D eigenvalue weighted by atomic mass is 32.2. The lowest BCUT2D eigenvalue weighted by Gasteiger charge is -2.17. The van der Waals surface area contributed by atoms with Gasteiger partial charge in [-0.25, -0.2) is 18.4 Å². The van der Waals surface area contributed by atoms with Gasteiger partial charge in [0.1, 0.15) is 0 Å². The SMILES string of the molecule is Cc1nc2ccc(C(=O)Nc3ccc4c(c3)N(S(C)(=O)=O)CC4)cc2nc1C. The first kappa shape index (κ1) is 18.4. The maximum Gasteiger partial charge on any atom is 0.255 e. The summed E-state index contributed by atoms with van der Waals surface area (Å²) in [4.78, 5) is 21.7. The lowest BCUT2D eigenvalue weighted by molar-refractivity contribution is 0.102. The van der Waals surface area contributed by atoms with Crippen LogP contribution in [0, 0.1) is 13.8 Å². The number of aromatic nitrogens is 2. The number of carbonyl (C=O) groups excluding carboxylic acids is 1.